The van der Waals surface area contributed by atoms with Crippen molar-refractivity contribution in [3.63, 3.8) is 0 Å². The molecule has 4 heterocycles. The van der Waals surface area contributed by atoms with Crippen LogP contribution < -0.4 is 0 Å². The molecule has 1 atom stereocenters. The van der Waals surface area contributed by atoms with Crippen molar-refractivity contribution in [3.05, 3.63) is 47.2 Å². The fourth-order valence-corrected chi connectivity index (χ4v) is 3.87. The molecule has 7 heteroatoms. The number of amides is 1. The molecule has 1 fully saturated rings. The quantitative estimate of drug-likeness (QED) is 0.776. The highest BCUT2D eigenvalue weighted by molar-refractivity contribution is 7.13. The molecule has 4 rings (SSSR count). The van der Waals surface area contributed by atoms with Crippen LogP contribution in [0.5, 0.6) is 0 Å². The summed E-state index contributed by atoms with van der Waals surface area (Å²) >= 11 is 1.60. The van der Waals surface area contributed by atoms with Crippen LogP contribution in [0, 0.1) is 0 Å². The third kappa shape index (κ3) is 2.68. The summed E-state index contributed by atoms with van der Waals surface area (Å²) in [5, 5.41) is 16.1. The van der Waals surface area contributed by atoms with Crippen LogP contribution in [0.4, 0.5) is 0 Å². The fraction of sp³-hybridized carbons (Fsp3) is 0.312. The molecule has 0 aromatic carbocycles. The molecule has 1 saturated heterocycles. The van der Waals surface area contributed by atoms with E-state index < -0.39 is 0 Å². The Kier molecular flexibility index (Phi) is 3.70. The monoisotopic (exact) mass is 327 g/mol. The number of piperidine rings is 1. The van der Waals surface area contributed by atoms with Gasteiger partial charge in [-0.05, 0) is 30.4 Å². The average molecular weight is 327 g/mol. The number of hydrogen-bond acceptors (Lipinski definition) is 4. The fourth-order valence-electron chi connectivity index (χ4n) is 3.14. The Morgan fingerprint density at radius 3 is 3.04 bits per heavy atom. The predicted octanol–water partition coefficient (Wildman–Crippen LogP) is 2.88. The first-order valence-electron chi connectivity index (χ1n) is 7.68. The summed E-state index contributed by atoms with van der Waals surface area (Å²) < 4.78 is 0. The van der Waals surface area contributed by atoms with Gasteiger partial charge in [0.2, 0.25) is 0 Å². The van der Waals surface area contributed by atoms with Crippen LogP contribution in [0.25, 0.3) is 10.6 Å². The molecule has 2 N–H and O–H groups in total. The number of nitrogens with zero attached hydrogens (tertiary/aromatic N) is 3. The van der Waals surface area contributed by atoms with E-state index in [1.807, 2.05) is 28.5 Å². The van der Waals surface area contributed by atoms with Gasteiger partial charge in [-0.3, -0.25) is 15.0 Å². The second kappa shape index (κ2) is 6.00. The smallest absolute Gasteiger partial charge is 0.257 e. The van der Waals surface area contributed by atoms with Crippen LogP contribution in [-0.2, 0) is 0 Å². The molecule has 118 valence electrons. The first-order valence-corrected chi connectivity index (χ1v) is 8.56. The maximum atomic E-state index is 12.9. The van der Waals surface area contributed by atoms with Gasteiger partial charge in [0.05, 0.1) is 22.3 Å². The molecule has 0 bridgehead atoms. The van der Waals surface area contributed by atoms with Crippen LogP contribution in [0.3, 0.4) is 0 Å². The number of nitrogens with one attached hydrogen (secondary N) is 2. The number of carbonyl (C=O) groups is 1. The number of thiophene rings is 1. The second-order valence-electron chi connectivity index (χ2n) is 5.74. The largest absolute Gasteiger partial charge is 0.338 e. The standard InChI is InChI=1S/C16H17N5OS/c22-16(12-9-18-20-15(12)14-4-2-8-23-14)21-7-1-3-11(10-21)13-5-6-17-19-13/h2,4-6,8-9,11H,1,3,7,10H2,(H,17,19)(H,18,20)/t11-/m1/s1. The molecule has 0 aliphatic carbocycles. The summed E-state index contributed by atoms with van der Waals surface area (Å²) in [4.78, 5) is 15.9. The zero-order valence-corrected chi connectivity index (χ0v) is 13.3. The van der Waals surface area contributed by atoms with Gasteiger partial charge in [0.1, 0.15) is 0 Å². The van der Waals surface area contributed by atoms with Gasteiger partial charge in [-0.25, -0.2) is 0 Å². The van der Waals surface area contributed by atoms with Crippen molar-refractivity contribution in [2.45, 2.75) is 18.8 Å². The molecule has 0 radical (unpaired) electrons. The number of likely N-dealkylation sites (tertiary alicyclic amines) is 1. The normalized spacial score (nSPS) is 18.3. The summed E-state index contributed by atoms with van der Waals surface area (Å²) in [5.41, 5.74) is 2.57. The lowest BCUT2D eigenvalue weighted by atomic mass is 9.94. The van der Waals surface area contributed by atoms with E-state index in [2.05, 4.69) is 20.4 Å². The SMILES string of the molecule is O=C(c1cn[nH]c1-c1cccs1)N1CCC[C@@H](c2ccn[nH]2)C1. The number of carbonyl (C=O) groups excluding carboxylic acids is 1. The molecule has 1 aliphatic rings. The Labute approximate surface area is 137 Å². The Morgan fingerprint density at radius 2 is 2.26 bits per heavy atom. The minimum Gasteiger partial charge on any atom is -0.338 e. The molecule has 0 unspecified atom stereocenters. The highest BCUT2D eigenvalue weighted by atomic mass is 32.1. The molecular weight excluding hydrogens is 310 g/mol. The van der Waals surface area contributed by atoms with E-state index in [4.69, 9.17) is 0 Å². The van der Waals surface area contributed by atoms with Crippen LogP contribution in [0.15, 0.2) is 36.0 Å². The highest BCUT2D eigenvalue weighted by Gasteiger charge is 2.28. The number of H-pyrrole nitrogens is 2. The van der Waals surface area contributed by atoms with Crippen LogP contribution in [0.1, 0.15) is 34.8 Å². The third-order valence-corrected chi connectivity index (χ3v) is 5.20. The number of rotatable bonds is 3. The molecule has 0 saturated carbocycles. The average Bonchev–Trinajstić information content (AvgIpc) is 3.35. The Morgan fingerprint density at radius 1 is 1.30 bits per heavy atom. The topological polar surface area (TPSA) is 77.7 Å². The van der Waals surface area contributed by atoms with E-state index in [0.717, 1.165) is 42.2 Å². The van der Waals surface area contributed by atoms with E-state index in [-0.39, 0.29) is 5.91 Å². The van der Waals surface area contributed by atoms with E-state index >= 15 is 0 Å². The van der Waals surface area contributed by atoms with Gasteiger partial charge in [-0.2, -0.15) is 10.2 Å². The molecule has 23 heavy (non-hydrogen) atoms. The van der Waals surface area contributed by atoms with E-state index in [1.165, 1.54) is 0 Å². The molecule has 3 aromatic heterocycles. The lowest BCUT2D eigenvalue weighted by molar-refractivity contribution is 0.0706. The maximum absolute atomic E-state index is 12.9. The van der Waals surface area contributed by atoms with Gasteiger partial charge in [-0.1, -0.05) is 6.07 Å². The summed E-state index contributed by atoms with van der Waals surface area (Å²) in [6.45, 7) is 1.51. The Hall–Kier alpha value is -2.41. The summed E-state index contributed by atoms with van der Waals surface area (Å²) in [6.07, 6.45) is 5.48. The van der Waals surface area contributed by atoms with Gasteiger partial charge >= 0.3 is 0 Å². The predicted molar refractivity (Wildman–Crippen MR) is 88.4 cm³/mol. The van der Waals surface area contributed by atoms with Gasteiger partial charge in [0.25, 0.3) is 5.91 Å². The summed E-state index contributed by atoms with van der Waals surface area (Å²) in [6, 6.07) is 5.97. The molecule has 3 aromatic rings. The maximum Gasteiger partial charge on any atom is 0.257 e. The highest BCUT2D eigenvalue weighted by Crippen LogP contribution is 2.30. The molecule has 0 spiro atoms. The molecule has 1 amide bonds. The Balaban J connectivity index is 1.56. The van der Waals surface area contributed by atoms with Crippen molar-refractivity contribution in [1.29, 1.82) is 0 Å². The number of aromatic amines is 2. The van der Waals surface area contributed by atoms with Crippen LogP contribution in [0.2, 0.25) is 0 Å². The summed E-state index contributed by atoms with van der Waals surface area (Å²) in [5.74, 6) is 0.374. The van der Waals surface area contributed by atoms with E-state index in [0.29, 0.717) is 11.5 Å². The number of aromatic nitrogens is 4. The lowest BCUT2D eigenvalue weighted by Gasteiger charge is -2.32. The van der Waals surface area contributed by atoms with Gasteiger partial charge in [-0.15, -0.1) is 11.3 Å². The minimum atomic E-state index is 0.0476. The number of hydrogen-bond donors (Lipinski definition) is 2. The van der Waals surface area contributed by atoms with Gasteiger partial charge in [0.15, 0.2) is 0 Å². The van der Waals surface area contributed by atoms with Crippen LogP contribution in [-0.4, -0.2) is 44.3 Å². The minimum absolute atomic E-state index is 0.0476. The van der Waals surface area contributed by atoms with Crippen molar-refractivity contribution in [1.82, 2.24) is 25.3 Å². The third-order valence-electron chi connectivity index (χ3n) is 4.31. The van der Waals surface area contributed by atoms with Gasteiger partial charge < -0.3 is 4.90 Å². The van der Waals surface area contributed by atoms with Crippen molar-refractivity contribution in [2.75, 3.05) is 13.1 Å². The lowest BCUT2D eigenvalue weighted by Crippen LogP contribution is -2.39. The first kappa shape index (κ1) is 14.2. The van der Waals surface area contributed by atoms with Gasteiger partial charge in [0, 0.05) is 30.9 Å². The van der Waals surface area contributed by atoms with Crippen molar-refractivity contribution >= 4 is 17.2 Å². The van der Waals surface area contributed by atoms with Crippen molar-refractivity contribution in [3.8, 4) is 10.6 Å². The second-order valence-corrected chi connectivity index (χ2v) is 6.69. The van der Waals surface area contributed by atoms with Crippen molar-refractivity contribution < 1.29 is 4.79 Å². The van der Waals surface area contributed by atoms with E-state index in [9.17, 15) is 4.79 Å². The Bertz CT molecular complexity index is 777. The van der Waals surface area contributed by atoms with Crippen molar-refractivity contribution in [2.24, 2.45) is 0 Å². The molecule has 6 nitrogen and oxygen atoms in total. The van der Waals surface area contributed by atoms with Crippen LogP contribution >= 0.6 is 11.3 Å². The summed E-state index contributed by atoms with van der Waals surface area (Å²) in [7, 11) is 0. The molecule has 1 aliphatic heterocycles. The van der Waals surface area contributed by atoms with E-state index in [1.54, 1.807) is 23.7 Å². The zero-order chi connectivity index (χ0) is 15.6. The zero-order valence-electron chi connectivity index (χ0n) is 12.5. The first-order chi connectivity index (χ1) is 11.3. The molecular formula is C16H17N5OS.